The second kappa shape index (κ2) is 58.6. The third-order valence-corrected chi connectivity index (χ3v) is 0. The van der Waals surface area contributed by atoms with E-state index in [0.29, 0.717) is 0 Å². The van der Waals surface area contributed by atoms with Gasteiger partial charge < -0.3 is 42.4 Å². The third-order valence-electron chi connectivity index (χ3n) is 0. The van der Waals surface area contributed by atoms with Crippen molar-refractivity contribution < 1.29 is 29.6 Å². The summed E-state index contributed by atoms with van der Waals surface area (Å²) in [5.41, 5.74) is 8.50. The van der Waals surface area contributed by atoms with Gasteiger partial charge in [0.05, 0.1) is 0 Å². The molecule has 0 unspecified atom stereocenters. The van der Waals surface area contributed by atoms with Crippen molar-refractivity contribution in [2.45, 2.75) is 0 Å². The fraction of sp³-hybridized carbons (Fsp3) is 0. The Hall–Kier alpha value is 1.94. The Morgan fingerprint density at radius 2 is 0.909 bits per heavy atom. The molecule has 0 atom stereocenters. The van der Waals surface area contributed by atoms with Crippen LogP contribution in [0.5, 0.6) is 0 Å². The Bertz CT molecular complexity index is 44.7. The van der Waals surface area contributed by atoms with Crippen LogP contribution in [0.1, 0.15) is 0 Å². The van der Waals surface area contributed by atoms with Gasteiger partial charge in [-0.25, -0.2) is 4.79 Å². The van der Waals surface area contributed by atoms with E-state index in [1.54, 1.807) is 0 Å². The second-order valence-electron chi connectivity index (χ2n) is 0.402. The molecular weight excluding hydrogens is 287 g/mol. The Labute approximate surface area is 127 Å². The Balaban J connectivity index is -0.00000000214. The van der Waals surface area contributed by atoms with Crippen molar-refractivity contribution in [1.82, 2.24) is 6.15 Å². The van der Waals surface area contributed by atoms with E-state index in [2.05, 4.69) is 11.5 Å². The normalized spacial score (nSPS) is 2.18. The van der Waals surface area contributed by atoms with E-state index in [-0.39, 0.29) is 106 Å². The maximum Gasteiger partial charge on any atom is 2.00 e. The van der Waals surface area contributed by atoms with Crippen molar-refractivity contribution in [2.75, 3.05) is 0 Å². The van der Waals surface area contributed by atoms with Crippen LogP contribution in [-0.4, -0.2) is 43.8 Å². The Morgan fingerprint density at radius 1 is 0.909 bits per heavy atom. The topological polar surface area (TPSA) is 104 Å². The van der Waals surface area contributed by atoms with Crippen molar-refractivity contribution in [3.05, 3.63) is 0 Å². The molecule has 10 heteroatoms. The van der Waals surface area contributed by atoms with E-state index in [0.717, 1.165) is 0 Å². The van der Waals surface area contributed by atoms with E-state index in [1.807, 2.05) is 0 Å². The average molecular weight is 297 g/mol. The summed E-state index contributed by atoms with van der Waals surface area (Å²) < 4.78 is 0. The molecule has 7 N–H and O–H groups in total. The maximum absolute atomic E-state index is 9.00. The molecule has 0 aromatic rings. The quantitative estimate of drug-likeness (QED) is 0.388. The molecule has 0 aliphatic carbocycles. The molecule has 0 bridgehead atoms. The minimum atomic E-state index is -0.833. The zero-order chi connectivity index (χ0) is 3.58. The number of carbonyl (C=O) groups is 1. The minimum absolute atomic E-state index is 0. The predicted molar refractivity (Wildman–Crippen MR) is 46.3 cm³/mol. The van der Waals surface area contributed by atoms with Gasteiger partial charge in [-0.15, -0.1) is 37.2 Å². The number of primary amides is 2. The minimum Gasteiger partial charge on any atom is -1.00 e. The van der Waals surface area contributed by atoms with Crippen LogP contribution < -0.4 is 42.4 Å². The van der Waals surface area contributed by atoms with Gasteiger partial charge in [0.25, 0.3) is 0 Å². The molecular formula is CH10CaCl5N3O. The van der Waals surface area contributed by atoms with Gasteiger partial charge in [-0.3, -0.25) is 0 Å². The molecule has 0 radical (unpaired) electrons. The zero-order valence-electron chi connectivity index (χ0n) is 5.46. The number of rotatable bonds is 0. The summed E-state index contributed by atoms with van der Waals surface area (Å²) in [5, 5.41) is 0. The van der Waals surface area contributed by atoms with Crippen molar-refractivity contribution in [1.29, 1.82) is 0 Å². The van der Waals surface area contributed by atoms with Crippen molar-refractivity contribution in [3.63, 3.8) is 0 Å². The molecule has 0 aliphatic rings. The van der Waals surface area contributed by atoms with Crippen LogP contribution in [0.3, 0.4) is 0 Å². The van der Waals surface area contributed by atoms with Gasteiger partial charge in [0.2, 0.25) is 0 Å². The van der Waals surface area contributed by atoms with Gasteiger partial charge in [0.15, 0.2) is 0 Å². The van der Waals surface area contributed by atoms with Gasteiger partial charge in [-0.2, -0.15) is 0 Å². The second-order valence-corrected chi connectivity index (χ2v) is 0.402. The van der Waals surface area contributed by atoms with Crippen molar-refractivity contribution >= 4 is 81.0 Å². The largest absolute Gasteiger partial charge is 2.00 e. The van der Waals surface area contributed by atoms with Gasteiger partial charge in [0, 0.05) is 0 Å². The number of amides is 2. The van der Waals surface area contributed by atoms with Crippen LogP contribution >= 0.6 is 37.2 Å². The molecule has 0 rings (SSSR count). The summed E-state index contributed by atoms with van der Waals surface area (Å²) in [4.78, 5) is 9.00. The van der Waals surface area contributed by atoms with Crippen LogP contribution in [0, 0.1) is 0 Å². The Morgan fingerprint density at radius 3 is 0.909 bits per heavy atom. The van der Waals surface area contributed by atoms with Crippen LogP contribution in [0.2, 0.25) is 0 Å². The Kier molecular flexibility index (Phi) is 402. The monoisotopic (exact) mass is 295 g/mol. The predicted octanol–water partition coefficient (Wildman–Crippen LogP) is -5.92. The molecule has 0 saturated heterocycles. The SMILES string of the molecule is Cl.Cl.Cl.N.NC(N)=O.[Ca+2].[Cl-].[Cl-]. The molecule has 11 heavy (non-hydrogen) atoms. The fourth-order valence-corrected chi connectivity index (χ4v) is 0. The first-order valence-electron chi connectivity index (χ1n) is 0.781. The van der Waals surface area contributed by atoms with Crippen LogP contribution in [0.15, 0.2) is 0 Å². The number of urea groups is 1. The fourth-order valence-electron chi connectivity index (χ4n) is 0. The van der Waals surface area contributed by atoms with E-state index in [4.69, 9.17) is 4.79 Å². The molecule has 0 fully saturated rings. The van der Waals surface area contributed by atoms with Crippen LogP contribution in [0.25, 0.3) is 0 Å². The van der Waals surface area contributed by atoms with Crippen LogP contribution in [0.4, 0.5) is 4.79 Å². The number of nitrogens with two attached hydrogens (primary N) is 2. The van der Waals surface area contributed by atoms with E-state index < -0.39 is 6.03 Å². The number of carbonyl (C=O) groups excluding carboxylic acids is 1. The number of hydrogen-bond donors (Lipinski definition) is 3. The summed E-state index contributed by atoms with van der Waals surface area (Å²) in [5.74, 6) is 0. The zero-order valence-corrected chi connectivity index (χ0v) is 11.6. The first-order valence-corrected chi connectivity index (χ1v) is 0.781. The molecule has 0 aromatic heterocycles. The van der Waals surface area contributed by atoms with E-state index in [9.17, 15) is 0 Å². The molecule has 0 aromatic carbocycles. The standard InChI is InChI=1S/CH4N2O.Ca.5ClH.H3N/c2-1(3)4;;;;;;;/h(H4,2,3,4);;5*1H;1H3/q;+2;;;;;;/p-2. The van der Waals surface area contributed by atoms with Gasteiger partial charge in [-0.1, -0.05) is 0 Å². The van der Waals surface area contributed by atoms with Gasteiger partial charge >= 0.3 is 43.8 Å². The smallest absolute Gasteiger partial charge is 1.00 e. The first kappa shape index (κ1) is 75.6. The molecule has 4 nitrogen and oxygen atoms in total. The maximum atomic E-state index is 9.00. The summed E-state index contributed by atoms with van der Waals surface area (Å²) >= 11 is 0. The summed E-state index contributed by atoms with van der Waals surface area (Å²) in [6.07, 6.45) is 0. The summed E-state index contributed by atoms with van der Waals surface area (Å²) in [6, 6.07) is -0.833. The molecule has 0 heterocycles. The summed E-state index contributed by atoms with van der Waals surface area (Å²) in [7, 11) is 0. The van der Waals surface area contributed by atoms with E-state index in [1.165, 1.54) is 0 Å². The van der Waals surface area contributed by atoms with Gasteiger partial charge in [0.1, 0.15) is 0 Å². The average Bonchev–Trinajstić information content (AvgIpc) is 0.811. The number of halogens is 5. The molecule has 72 valence electrons. The van der Waals surface area contributed by atoms with Crippen LogP contribution in [-0.2, 0) is 0 Å². The first-order chi connectivity index (χ1) is 1.73. The van der Waals surface area contributed by atoms with Crippen molar-refractivity contribution in [2.24, 2.45) is 11.5 Å². The molecule has 0 aliphatic heterocycles. The van der Waals surface area contributed by atoms with E-state index >= 15 is 0 Å². The number of hydrogen-bond acceptors (Lipinski definition) is 2. The molecule has 0 saturated carbocycles. The van der Waals surface area contributed by atoms with Gasteiger partial charge in [-0.05, 0) is 0 Å². The van der Waals surface area contributed by atoms with Crippen molar-refractivity contribution in [3.8, 4) is 0 Å². The molecule has 2 amide bonds. The third kappa shape index (κ3) is 314. The summed E-state index contributed by atoms with van der Waals surface area (Å²) in [6.45, 7) is 0. The molecule has 0 spiro atoms.